The molecule has 0 saturated heterocycles. The van der Waals surface area contributed by atoms with Gasteiger partial charge in [-0.15, -0.1) is 0 Å². The number of rotatable bonds is 4. The Morgan fingerprint density at radius 2 is 1.95 bits per heavy atom. The highest BCUT2D eigenvalue weighted by Gasteiger charge is 2.04. The summed E-state index contributed by atoms with van der Waals surface area (Å²) in [5.41, 5.74) is 8.94. The number of hydrogen-bond donors (Lipinski definition) is 2. The maximum absolute atomic E-state index is 8.77. The fraction of sp³-hybridized carbons (Fsp3) is 0.133. The number of halogens is 1. The highest BCUT2D eigenvalue weighted by atomic mass is 35.5. The van der Waals surface area contributed by atoms with Gasteiger partial charge in [0.05, 0.1) is 24.6 Å². The first-order valence-electron chi connectivity index (χ1n) is 6.00. The first-order valence-corrected chi connectivity index (χ1v) is 6.37. The minimum atomic E-state index is 0.283. The van der Waals surface area contributed by atoms with Crippen molar-refractivity contribution in [2.45, 2.75) is 6.42 Å². The Labute approximate surface area is 122 Å². The minimum Gasteiger partial charge on any atom is -0.495 e. The maximum atomic E-state index is 8.77. The van der Waals surface area contributed by atoms with Gasteiger partial charge in [-0.1, -0.05) is 11.6 Å². The lowest BCUT2D eigenvalue weighted by molar-refractivity contribution is 0.415. The van der Waals surface area contributed by atoms with Gasteiger partial charge in [0.2, 0.25) is 0 Å². The number of nitrogens with two attached hydrogens (primary N) is 1. The number of nitriles is 1. The second-order valence-corrected chi connectivity index (χ2v) is 4.63. The van der Waals surface area contributed by atoms with Gasteiger partial charge in [-0.25, -0.2) is 0 Å². The average molecular weight is 288 g/mol. The molecule has 0 aliphatic heterocycles. The number of ether oxygens (including phenoxy) is 1. The van der Waals surface area contributed by atoms with Crippen LogP contribution in [0.5, 0.6) is 5.75 Å². The molecule has 0 aliphatic carbocycles. The standard InChI is InChI=1S/C15H14ClN3O/c1-20-15-9-12(2-4-13(15)16)19-11-3-5-14(18)10(8-11)6-7-17/h2-5,8-9,19H,6,18H2,1H3. The van der Waals surface area contributed by atoms with E-state index in [0.29, 0.717) is 16.5 Å². The van der Waals surface area contributed by atoms with E-state index in [1.165, 1.54) is 0 Å². The number of hydrogen-bond acceptors (Lipinski definition) is 4. The van der Waals surface area contributed by atoms with E-state index < -0.39 is 0 Å². The Morgan fingerprint density at radius 3 is 2.65 bits per heavy atom. The van der Waals surface area contributed by atoms with E-state index in [1.54, 1.807) is 19.2 Å². The van der Waals surface area contributed by atoms with Crippen molar-refractivity contribution in [2.24, 2.45) is 0 Å². The molecule has 4 nitrogen and oxygen atoms in total. The zero-order valence-corrected chi connectivity index (χ0v) is 11.7. The van der Waals surface area contributed by atoms with Gasteiger partial charge in [0.15, 0.2) is 0 Å². The van der Waals surface area contributed by atoms with Gasteiger partial charge in [-0.05, 0) is 35.9 Å². The van der Waals surface area contributed by atoms with E-state index in [-0.39, 0.29) is 6.42 Å². The number of nitrogens with zero attached hydrogens (tertiary/aromatic N) is 1. The molecule has 0 aromatic heterocycles. The van der Waals surface area contributed by atoms with Crippen LogP contribution in [0.1, 0.15) is 5.56 Å². The SMILES string of the molecule is COc1cc(Nc2ccc(N)c(CC#N)c2)ccc1Cl. The summed E-state index contributed by atoms with van der Waals surface area (Å²) in [6, 6.07) is 13.0. The van der Waals surface area contributed by atoms with Crippen molar-refractivity contribution in [3.63, 3.8) is 0 Å². The molecule has 0 unspecified atom stereocenters. The van der Waals surface area contributed by atoms with Gasteiger partial charge < -0.3 is 15.8 Å². The Balaban J connectivity index is 2.26. The second-order valence-electron chi connectivity index (χ2n) is 4.22. The Morgan fingerprint density at radius 1 is 1.25 bits per heavy atom. The smallest absolute Gasteiger partial charge is 0.139 e. The lowest BCUT2D eigenvalue weighted by Gasteiger charge is -2.11. The number of benzene rings is 2. The van der Waals surface area contributed by atoms with Crippen LogP contribution >= 0.6 is 11.6 Å². The predicted octanol–water partition coefficient (Wildman–Crippen LogP) is 3.74. The van der Waals surface area contributed by atoms with Crippen LogP contribution in [0, 0.1) is 11.3 Å². The normalized spacial score (nSPS) is 9.85. The molecule has 0 spiro atoms. The zero-order chi connectivity index (χ0) is 14.5. The number of methoxy groups -OCH3 is 1. The van der Waals surface area contributed by atoms with Crippen molar-refractivity contribution in [3.05, 3.63) is 47.0 Å². The van der Waals surface area contributed by atoms with E-state index in [0.717, 1.165) is 16.9 Å². The predicted molar refractivity (Wildman–Crippen MR) is 81.5 cm³/mol. The molecule has 2 rings (SSSR count). The van der Waals surface area contributed by atoms with Crippen LogP contribution in [0.15, 0.2) is 36.4 Å². The third-order valence-corrected chi connectivity index (χ3v) is 3.16. The van der Waals surface area contributed by atoms with Crippen molar-refractivity contribution in [3.8, 4) is 11.8 Å². The minimum absolute atomic E-state index is 0.283. The molecule has 102 valence electrons. The molecule has 5 heteroatoms. The summed E-state index contributed by atoms with van der Waals surface area (Å²) in [7, 11) is 1.57. The summed E-state index contributed by atoms with van der Waals surface area (Å²) >= 11 is 5.98. The third-order valence-electron chi connectivity index (χ3n) is 2.85. The molecule has 0 heterocycles. The Bertz CT molecular complexity index is 665. The van der Waals surface area contributed by atoms with Gasteiger partial charge in [0.1, 0.15) is 5.75 Å². The molecule has 2 aromatic rings. The fourth-order valence-electron chi connectivity index (χ4n) is 1.83. The van der Waals surface area contributed by atoms with E-state index in [4.69, 9.17) is 27.3 Å². The molecular weight excluding hydrogens is 274 g/mol. The van der Waals surface area contributed by atoms with Crippen LogP contribution in [-0.4, -0.2) is 7.11 Å². The van der Waals surface area contributed by atoms with E-state index in [9.17, 15) is 0 Å². The Kier molecular flexibility index (Phi) is 4.34. The zero-order valence-electron chi connectivity index (χ0n) is 11.0. The van der Waals surface area contributed by atoms with E-state index in [2.05, 4.69) is 11.4 Å². The van der Waals surface area contributed by atoms with Crippen LogP contribution in [0.3, 0.4) is 0 Å². The summed E-state index contributed by atoms with van der Waals surface area (Å²) in [5, 5.41) is 12.6. The van der Waals surface area contributed by atoms with Gasteiger partial charge in [0.25, 0.3) is 0 Å². The summed E-state index contributed by atoms with van der Waals surface area (Å²) in [6.07, 6.45) is 0.283. The van der Waals surface area contributed by atoms with Crippen LogP contribution in [-0.2, 0) is 6.42 Å². The summed E-state index contributed by atoms with van der Waals surface area (Å²) in [4.78, 5) is 0. The lowest BCUT2D eigenvalue weighted by atomic mass is 10.1. The number of nitrogens with one attached hydrogen (secondary N) is 1. The van der Waals surface area contributed by atoms with Crippen molar-refractivity contribution >= 4 is 28.7 Å². The van der Waals surface area contributed by atoms with Crippen LogP contribution < -0.4 is 15.8 Å². The quantitative estimate of drug-likeness (QED) is 0.840. The molecule has 0 atom stereocenters. The molecular formula is C15H14ClN3O. The highest BCUT2D eigenvalue weighted by molar-refractivity contribution is 6.32. The molecule has 2 aromatic carbocycles. The fourth-order valence-corrected chi connectivity index (χ4v) is 2.02. The summed E-state index contributed by atoms with van der Waals surface area (Å²) < 4.78 is 5.17. The molecule has 0 bridgehead atoms. The van der Waals surface area contributed by atoms with E-state index >= 15 is 0 Å². The highest BCUT2D eigenvalue weighted by Crippen LogP contribution is 2.29. The van der Waals surface area contributed by atoms with Crippen molar-refractivity contribution in [2.75, 3.05) is 18.2 Å². The average Bonchev–Trinajstić information content (AvgIpc) is 2.45. The molecule has 0 saturated carbocycles. The van der Waals surface area contributed by atoms with Crippen molar-refractivity contribution < 1.29 is 4.74 Å². The van der Waals surface area contributed by atoms with Gasteiger partial charge >= 0.3 is 0 Å². The molecule has 0 radical (unpaired) electrons. The van der Waals surface area contributed by atoms with Crippen LogP contribution in [0.2, 0.25) is 5.02 Å². The molecule has 0 fully saturated rings. The molecule has 0 amide bonds. The summed E-state index contributed by atoms with van der Waals surface area (Å²) in [6.45, 7) is 0. The van der Waals surface area contributed by atoms with Crippen LogP contribution in [0.4, 0.5) is 17.1 Å². The maximum Gasteiger partial charge on any atom is 0.139 e. The molecule has 3 N–H and O–H groups in total. The molecule has 0 aliphatic rings. The van der Waals surface area contributed by atoms with E-state index in [1.807, 2.05) is 24.3 Å². The van der Waals surface area contributed by atoms with Gasteiger partial charge in [-0.2, -0.15) is 5.26 Å². The third kappa shape index (κ3) is 3.14. The monoisotopic (exact) mass is 287 g/mol. The first kappa shape index (κ1) is 14.0. The van der Waals surface area contributed by atoms with Crippen LogP contribution in [0.25, 0.3) is 0 Å². The topological polar surface area (TPSA) is 71.1 Å². The molecule has 20 heavy (non-hydrogen) atoms. The number of nitrogen functional groups attached to an aromatic ring is 1. The number of anilines is 3. The Hall–Kier alpha value is -2.38. The van der Waals surface area contributed by atoms with Gasteiger partial charge in [0, 0.05) is 23.1 Å². The largest absolute Gasteiger partial charge is 0.495 e. The lowest BCUT2D eigenvalue weighted by Crippen LogP contribution is -1.97. The first-order chi connectivity index (χ1) is 9.63. The summed E-state index contributed by atoms with van der Waals surface area (Å²) in [5.74, 6) is 0.601. The second kappa shape index (κ2) is 6.18. The van der Waals surface area contributed by atoms with Crippen molar-refractivity contribution in [1.29, 1.82) is 5.26 Å². The van der Waals surface area contributed by atoms with Gasteiger partial charge in [-0.3, -0.25) is 0 Å². The van der Waals surface area contributed by atoms with Crippen molar-refractivity contribution in [1.82, 2.24) is 0 Å².